The van der Waals surface area contributed by atoms with Crippen molar-refractivity contribution in [3.05, 3.63) is 66.5 Å². The summed E-state index contributed by atoms with van der Waals surface area (Å²) < 4.78 is 22.1. The Hall–Kier alpha value is -4.89. The lowest BCUT2D eigenvalue weighted by molar-refractivity contribution is -0.139. The number of aliphatic carboxylic acids is 1. The van der Waals surface area contributed by atoms with E-state index < -0.39 is 30.1 Å². The third-order valence-corrected chi connectivity index (χ3v) is 6.71. The molecule has 220 valence electrons. The number of carboxylic acids is 1. The molecule has 2 aliphatic rings. The summed E-state index contributed by atoms with van der Waals surface area (Å²) in [6.07, 6.45) is 5.09. The van der Waals surface area contributed by atoms with E-state index in [0.717, 1.165) is 0 Å². The first-order valence-corrected chi connectivity index (χ1v) is 13.0. The van der Waals surface area contributed by atoms with Gasteiger partial charge in [-0.3, -0.25) is 34.7 Å². The van der Waals surface area contributed by atoms with Gasteiger partial charge in [-0.05, 0) is 37.4 Å². The first-order valence-electron chi connectivity index (χ1n) is 13.0. The summed E-state index contributed by atoms with van der Waals surface area (Å²) in [7, 11) is 3.17. The number of likely N-dealkylation sites (N-methyl/N-ethyl adjacent to an activating group) is 2. The molecule has 0 bridgehead atoms. The van der Waals surface area contributed by atoms with Crippen LogP contribution in [0.4, 0.5) is 14.9 Å². The van der Waals surface area contributed by atoms with Crippen molar-refractivity contribution in [2.45, 2.75) is 18.8 Å². The Morgan fingerprint density at radius 1 is 1.21 bits per heavy atom. The summed E-state index contributed by atoms with van der Waals surface area (Å²) in [6.45, 7) is 0.577. The van der Waals surface area contributed by atoms with Gasteiger partial charge in [-0.2, -0.15) is 0 Å². The smallest absolute Gasteiger partial charge is 0.414 e. The number of nitrogens with one attached hydrogen (secondary N) is 1. The summed E-state index contributed by atoms with van der Waals surface area (Å²) >= 11 is 0. The molecule has 2 aromatic heterocycles. The van der Waals surface area contributed by atoms with Gasteiger partial charge in [0.05, 0.1) is 56.0 Å². The number of nitrogens with zero attached hydrogens (tertiary/aromatic N) is 7. The van der Waals surface area contributed by atoms with Crippen LogP contribution in [0, 0.1) is 5.82 Å². The van der Waals surface area contributed by atoms with Crippen molar-refractivity contribution < 1.29 is 33.5 Å². The average molecular weight is 581 g/mol. The maximum atomic E-state index is 15.2. The number of hydrogen-bond donors (Lipinski definition) is 2. The number of carboxylic acid groups (broad SMARTS) is 1. The van der Waals surface area contributed by atoms with Crippen LogP contribution in [-0.2, 0) is 25.7 Å². The number of rotatable bonds is 11. The zero-order chi connectivity index (χ0) is 29.8. The van der Waals surface area contributed by atoms with E-state index in [4.69, 9.17) is 14.7 Å². The molecule has 0 saturated carbocycles. The SMILES string of the molecule is CN(CC(=O)O)CC(=O)N(C)C[C@@H]1C=C(c2ccc(-c3ccc(N4C[C@H](Cn5ccnn5)OC4=O)cc3F)cn2)NO1. The molecule has 14 nitrogen and oxygen atoms in total. The second-order valence-corrected chi connectivity index (χ2v) is 10.0. The summed E-state index contributed by atoms with van der Waals surface area (Å²) in [5, 5.41) is 16.5. The van der Waals surface area contributed by atoms with Crippen molar-refractivity contribution >= 4 is 29.4 Å². The van der Waals surface area contributed by atoms with Gasteiger partial charge >= 0.3 is 12.1 Å². The van der Waals surface area contributed by atoms with Gasteiger partial charge in [0, 0.05) is 30.6 Å². The van der Waals surface area contributed by atoms with Crippen molar-refractivity contribution in [3.63, 3.8) is 0 Å². The van der Waals surface area contributed by atoms with E-state index in [-0.39, 0.29) is 32.1 Å². The number of carbonyl (C=O) groups is 3. The van der Waals surface area contributed by atoms with E-state index in [2.05, 4.69) is 20.8 Å². The van der Waals surface area contributed by atoms with Crippen molar-refractivity contribution in [1.82, 2.24) is 35.3 Å². The summed E-state index contributed by atoms with van der Waals surface area (Å²) in [4.78, 5) is 49.8. The fourth-order valence-electron chi connectivity index (χ4n) is 4.62. The molecule has 42 heavy (non-hydrogen) atoms. The van der Waals surface area contributed by atoms with Crippen LogP contribution < -0.4 is 10.4 Å². The lowest BCUT2D eigenvalue weighted by atomic mass is 10.1. The molecule has 1 fully saturated rings. The van der Waals surface area contributed by atoms with Crippen LogP contribution in [0.25, 0.3) is 16.8 Å². The van der Waals surface area contributed by atoms with Gasteiger partial charge in [-0.15, -0.1) is 5.10 Å². The van der Waals surface area contributed by atoms with Crippen molar-refractivity contribution in [2.24, 2.45) is 0 Å². The Kier molecular flexibility index (Phi) is 8.40. The largest absolute Gasteiger partial charge is 0.480 e. The van der Waals surface area contributed by atoms with Crippen LogP contribution in [0.15, 0.2) is 55.0 Å². The number of amides is 2. The van der Waals surface area contributed by atoms with E-state index in [1.165, 1.54) is 33.2 Å². The Balaban J connectivity index is 1.19. The highest BCUT2D eigenvalue weighted by Crippen LogP contribution is 2.30. The summed E-state index contributed by atoms with van der Waals surface area (Å²) in [5.41, 5.74) is 5.21. The van der Waals surface area contributed by atoms with Gasteiger partial charge in [0.2, 0.25) is 5.91 Å². The van der Waals surface area contributed by atoms with Gasteiger partial charge in [-0.1, -0.05) is 11.3 Å². The van der Waals surface area contributed by atoms with E-state index >= 15 is 4.39 Å². The number of benzene rings is 1. The van der Waals surface area contributed by atoms with Crippen LogP contribution in [-0.4, -0.2) is 105 Å². The van der Waals surface area contributed by atoms with Crippen molar-refractivity contribution in [2.75, 3.05) is 45.2 Å². The monoisotopic (exact) mass is 580 g/mol. The molecule has 4 heterocycles. The zero-order valence-electron chi connectivity index (χ0n) is 22.9. The number of aromatic nitrogens is 4. The fourth-order valence-corrected chi connectivity index (χ4v) is 4.62. The lowest BCUT2D eigenvalue weighted by Gasteiger charge is -2.22. The Bertz CT molecular complexity index is 1480. The molecule has 2 amide bonds. The van der Waals surface area contributed by atoms with Crippen molar-refractivity contribution in [1.29, 1.82) is 0 Å². The molecule has 3 aromatic rings. The molecule has 2 aliphatic heterocycles. The van der Waals surface area contributed by atoms with E-state index in [0.29, 0.717) is 34.8 Å². The van der Waals surface area contributed by atoms with E-state index in [1.807, 2.05) is 0 Å². The highest BCUT2D eigenvalue weighted by atomic mass is 19.1. The number of cyclic esters (lactones) is 1. The molecule has 5 rings (SSSR count). The molecule has 0 aliphatic carbocycles. The minimum Gasteiger partial charge on any atom is -0.480 e. The fraction of sp³-hybridized carbons (Fsp3) is 0.333. The third kappa shape index (κ3) is 6.70. The Labute approximate surface area is 239 Å². The predicted molar refractivity (Wildman–Crippen MR) is 146 cm³/mol. The number of pyridine rings is 1. The Morgan fingerprint density at radius 3 is 2.74 bits per heavy atom. The average Bonchev–Trinajstić information content (AvgIpc) is 3.70. The molecule has 0 spiro atoms. The molecule has 0 unspecified atom stereocenters. The topological polar surface area (TPSA) is 155 Å². The first-order chi connectivity index (χ1) is 20.2. The van der Waals surface area contributed by atoms with Crippen LogP contribution >= 0.6 is 0 Å². The molecule has 2 atom stereocenters. The van der Waals surface area contributed by atoms with Crippen molar-refractivity contribution in [3.8, 4) is 11.1 Å². The van der Waals surface area contributed by atoms with Gasteiger partial charge in [0.25, 0.3) is 0 Å². The quantitative estimate of drug-likeness (QED) is 0.336. The molecule has 15 heteroatoms. The molecule has 0 radical (unpaired) electrons. The second kappa shape index (κ2) is 12.3. The minimum absolute atomic E-state index is 0.0350. The second-order valence-electron chi connectivity index (χ2n) is 10.0. The van der Waals surface area contributed by atoms with E-state index in [9.17, 15) is 14.4 Å². The zero-order valence-corrected chi connectivity index (χ0v) is 22.9. The van der Waals surface area contributed by atoms with Crippen LogP contribution in [0.3, 0.4) is 0 Å². The van der Waals surface area contributed by atoms with Gasteiger partial charge in [0.15, 0.2) is 0 Å². The molecular formula is C27H29FN8O6. The van der Waals surface area contributed by atoms with Crippen LogP contribution in [0.5, 0.6) is 0 Å². The lowest BCUT2D eigenvalue weighted by Crippen LogP contribution is -2.41. The number of hydrogen-bond acceptors (Lipinski definition) is 10. The third-order valence-electron chi connectivity index (χ3n) is 6.71. The maximum Gasteiger partial charge on any atom is 0.414 e. The number of carbonyl (C=O) groups excluding carboxylic acids is 2. The highest BCUT2D eigenvalue weighted by Gasteiger charge is 2.33. The number of halogens is 1. The molecule has 2 N–H and O–H groups in total. The predicted octanol–water partition coefficient (Wildman–Crippen LogP) is 1.22. The van der Waals surface area contributed by atoms with Crippen LogP contribution in [0.1, 0.15) is 5.69 Å². The summed E-state index contributed by atoms with van der Waals surface area (Å²) in [5.74, 6) is -1.77. The normalized spacial score (nSPS) is 18.1. The maximum absolute atomic E-state index is 15.2. The molecular weight excluding hydrogens is 551 g/mol. The van der Waals surface area contributed by atoms with Crippen LogP contribution in [0.2, 0.25) is 0 Å². The van der Waals surface area contributed by atoms with E-state index in [1.54, 1.807) is 55.3 Å². The number of hydroxylamine groups is 1. The summed E-state index contributed by atoms with van der Waals surface area (Å²) in [6, 6.07) is 7.98. The van der Waals surface area contributed by atoms with Gasteiger partial charge < -0.3 is 14.7 Å². The van der Waals surface area contributed by atoms with Gasteiger partial charge in [0.1, 0.15) is 18.0 Å². The first kappa shape index (κ1) is 28.6. The number of anilines is 1. The highest BCUT2D eigenvalue weighted by molar-refractivity contribution is 5.90. The Morgan fingerprint density at radius 2 is 2.05 bits per heavy atom. The standard InChI is InChI=1S/C27H29FN8O6/c1-33(16-26(38)39)15-25(37)34(2)12-19-10-24(31-42-19)23-6-3-17(11-29-23)21-5-4-18(9-22(21)28)36-14-20(41-27(36)40)13-35-8-7-30-32-35/h3-11,19-20,31H,12-16H2,1-2H3,(H,38,39)/t19-,20-/m0/s1. The molecule has 1 saturated heterocycles. The minimum atomic E-state index is -1.01. The molecule has 1 aromatic carbocycles. The van der Waals surface area contributed by atoms with Gasteiger partial charge in [-0.25, -0.2) is 13.9 Å². The number of ether oxygens (including phenoxy) is 1.